The van der Waals surface area contributed by atoms with Crippen molar-refractivity contribution in [2.75, 3.05) is 26.2 Å². The number of nitrogens with zero attached hydrogens (tertiary/aromatic N) is 20. The molecule has 4 heterocycles. The first-order valence-electron chi connectivity index (χ1n) is 22.6. The molecule has 0 aliphatic carbocycles. The Labute approximate surface area is 529 Å². The van der Waals surface area contributed by atoms with Crippen LogP contribution < -0.4 is 47.5 Å². The van der Waals surface area contributed by atoms with E-state index in [1.807, 2.05) is 97.1 Å². The van der Waals surface area contributed by atoms with Crippen LogP contribution in [0.3, 0.4) is 0 Å². The Balaban J connectivity index is -0.000000259. The molecule has 0 aliphatic heterocycles. The van der Waals surface area contributed by atoms with E-state index in [1.165, 1.54) is 19.6 Å². The quantitative estimate of drug-likeness (QED) is 0.0378. The first-order valence-corrected chi connectivity index (χ1v) is 25.1. The number of aromatic nitrogens is 4. The number of aliphatic imine (C=N–C) groups is 4. The zero-order valence-electron chi connectivity index (χ0n) is 43.9. The summed E-state index contributed by atoms with van der Waals surface area (Å²) in [4.78, 5) is 40.9. The van der Waals surface area contributed by atoms with Crippen LogP contribution in [0.5, 0.6) is 11.5 Å². The molecule has 0 atom stereocenters. The third-order valence-corrected chi connectivity index (χ3v) is 9.04. The molecule has 0 saturated heterocycles. The van der Waals surface area contributed by atoms with Gasteiger partial charge in [-0.3, -0.25) is 59.6 Å². The molecule has 460 valence electrons. The van der Waals surface area contributed by atoms with E-state index in [1.54, 1.807) is 49.6 Å². The molecule has 4 aromatic heterocycles. The summed E-state index contributed by atoms with van der Waals surface area (Å²) in [6.07, 6.45) is 18.5. The number of aryl methyl sites for hydroxylation is 2. The molecule has 6 rings (SSSR count). The summed E-state index contributed by atoms with van der Waals surface area (Å²) < 4.78 is 67.9. The fourth-order valence-electron chi connectivity index (χ4n) is 5.82. The molecule has 0 amide bonds. The topological polar surface area (TPSA) is 566 Å². The van der Waals surface area contributed by atoms with Gasteiger partial charge in [-0.15, -0.1) is 20.5 Å². The first kappa shape index (κ1) is 88.1. The van der Waals surface area contributed by atoms with Gasteiger partial charge in [-0.05, 0) is 94.8 Å². The van der Waals surface area contributed by atoms with Gasteiger partial charge < -0.3 is 54.5 Å². The van der Waals surface area contributed by atoms with Gasteiger partial charge in [-0.2, -0.15) is 0 Å². The predicted octanol–water partition coefficient (Wildman–Crippen LogP) is 0.814. The van der Waals surface area contributed by atoms with Crippen LogP contribution in [0.15, 0.2) is 142 Å². The second-order valence-corrected chi connectivity index (χ2v) is 16.0. The van der Waals surface area contributed by atoms with Crippen molar-refractivity contribution < 1.29 is 136 Å². The molecule has 0 aliphatic rings. The van der Waals surface area contributed by atoms with Gasteiger partial charge in [0.15, 0.2) is 0 Å². The van der Waals surface area contributed by atoms with E-state index >= 15 is 0 Å². The van der Waals surface area contributed by atoms with E-state index in [-0.39, 0.29) is 79.8 Å². The Kier molecular flexibility index (Phi) is 59.2. The number of benzene rings is 2. The maximum Gasteiger partial charge on any atom is 2.00 e. The normalized spacial score (nSPS) is 9.74. The average molecular weight is 1390 g/mol. The van der Waals surface area contributed by atoms with Crippen LogP contribution in [0.2, 0.25) is 0 Å². The Morgan fingerprint density at radius 2 is 0.560 bits per heavy atom. The minimum absolute atomic E-state index is 0. The van der Waals surface area contributed by atoms with Gasteiger partial charge in [0.1, 0.15) is 0 Å². The monoisotopic (exact) mass is 1390 g/mol. The van der Waals surface area contributed by atoms with E-state index in [2.05, 4.69) is 53.8 Å². The molecule has 0 fully saturated rings. The maximum atomic E-state index is 12.8. The van der Waals surface area contributed by atoms with E-state index in [0.29, 0.717) is 48.4 Å². The Bertz CT molecular complexity index is 2520. The van der Waals surface area contributed by atoms with Crippen molar-refractivity contribution in [3.8, 4) is 11.5 Å². The largest absolute Gasteiger partial charge is 2.00 e. The Morgan fingerprint density at radius 1 is 0.381 bits per heavy atom. The third kappa shape index (κ3) is 51.8. The zero-order chi connectivity index (χ0) is 60.5. The van der Waals surface area contributed by atoms with E-state index in [9.17, 15) is 10.2 Å². The fraction of sp³-hybridized carbons (Fsp3) is 0.250. The molecule has 30 nitrogen and oxygen atoms in total. The van der Waals surface area contributed by atoms with Crippen LogP contribution in [0.1, 0.15) is 70.0 Å². The van der Waals surface area contributed by atoms with Gasteiger partial charge in [-0.1, -0.05) is 73.9 Å². The van der Waals surface area contributed by atoms with Gasteiger partial charge in [0, 0.05) is 124 Å². The van der Waals surface area contributed by atoms with Crippen molar-refractivity contribution in [1.29, 1.82) is 0 Å². The molecule has 4 radical (unpaired) electrons. The summed E-state index contributed by atoms with van der Waals surface area (Å²) in [6.45, 7) is 6.54. The SMILES string of the molecule is CCc1cc(C=NCCc2ccccn2)c([O-])c(C=NCCc2ccccn2)c1.CCc1cc(C=NCCc2ccccn2)c([O-])c(C=NCCc2ccccn2)c1.[Cu+2].[Cu+2].[Cu+2].[Cu+2].[N-]=[N+]=[N-].[N-]=[N+]=[N-].[N-]=[N+]=[N-].[N-]=[N+]=[N-].[O-][Cl+3]([O-])([O-])[O-].[O-][Cl+3]([O-])([O-])[O-]. The van der Waals surface area contributed by atoms with Crippen molar-refractivity contribution >= 4 is 24.9 Å². The standard InChI is InChI=1S/2C24H26N4O.2ClHO4.4Cu.4N3/c2*1-2-19-15-20(17-25-13-9-22-7-3-5-11-27-22)24(29)21(16-19)18-26-14-10-23-8-4-6-12-28-23;2*2-1(3,4)5;;;;;4*1-3-2/h2*3-8,11-12,15-18,29H,2,9-10,13-14H2,1H3;2*(H,2,3,4,5);;;;;;;;/q;;;;4*+2;4*-1/p-4. The number of hydrogen-bond donors (Lipinski definition) is 0. The van der Waals surface area contributed by atoms with Crippen molar-refractivity contribution in [1.82, 2.24) is 19.9 Å². The van der Waals surface area contributed by atoms with E-state index < -0.39 is 20.5 Å². The molecule has 0 bridgehead atoms. The molecule has 0 unspecified atom stereocenters. The Hall–Kier alpha value is -7.10. The molecule has 6 aromatic rings. The van der Waals surface area contributed by atoms with Crippen molar-refractivity contribution in [3.63, 3.8) is 0 Å². The van der Waals surface area contributed by atoms with Gasteiger partial charge >= 0.3 is 68.3 Å². The average Bonchev–Trinajstić information content (AvgIpc) is 3.42. The maximum absolute atomic E-state index is 12.8. The fourth-order valence-corrected chi connectivity index (χ4v) is 5.82. The van der Waals surface area contributed by atoms with Crippen molar-refractivity contribution in [2.45, 2.75) is 52.4 Å². The number of rotatable bonds is 18. The van der Waals surface area contributed by atoms with Crippen LogP contribution in [0.4, 0.5) is 0 Å². The molecular weight excluding hydrogens is 1340 g/mol. The zero-order valence-corrected chi connectivity index (χ0v) is 49.2. The number of halogens is 2. The van der Waals surface area contributed by atoms with Crippen LogP contribution >= 0.6 is 0 Å². The second kappa shape index (κ2) is 56.4. The molecule has 0 N–H and O–H groups in total. The molecular formula is C48H50Cl2Cu4N20O10. The summed E-state index contributed by atoms with van der Waals surface area (Å²) in [5.41, 5.74) is 62.6. The third-order valence-electron chi connectivity index (χ3n) is 9.04. The van der Waals surface area contributed by atoms with E-state index in [0.717, 1.165) is 72.4 Å². The smallest absolute Gasteiger partial charge is 0.872 e. The second-order valence-electron chi connectivity index (χ2n) is 14.5. The molecule has 0 saturated carbocycles. The summed E-state index contributed by atoms with van der Waals surface area (Å²) >= 11 is 0. The molecule has 2 aromatic carbocycles. The summed E-state index contributed by atoms with van der Waals surface area (Å²) in [5.74, 6) is -0.0734. The van der Waals surface area contributed by atoms with E-state index in [4.69, 9.17) is 81.5 Å². The summed E-state index contributed by atoms with van der Waals surface area (Å²) in [6, 6.07) is 31.0. The summed E-state index contributed by atoms with van der Waals surface area (Å²) in [5, 5.41) is 25.5. The number of pyridine rings is 4. The van der Waals surface area contributed by atoms with Gasteiger partial charge in [0.05, 0.1) is 0 Å². The van der Waals surface area contributed by atoms with Gasteiger partial charge in [0.2, 0.25) is 0 Å². The minimum atomic E-state index is -4.94. The molecule has 0 spiro atoms. The van der Waals surface area contributed by atoms with Crippen LogP contribution in [-0.2, 0) is 107 Å². The van der Waals surface area contributed by atoms with Crippen LogP contribution in [-0.4, -0.2) is 71.0 Å². The molecule has 84 heavy (non-hydrogen) atoms. The predicted molar refractivity (Wildman–Crippen MR) is 272 cm³/mol. The Morgan fingerprint density at radius 3 is 0.702 bits per heavy atom. The van der Waals surface area contributed by atoms with Crippen LogP contribution in [0.25, 0.3) is 63.9 Å². The van der Waals surface area contributed by atoms with Gasteiger partial charge in [0.25, 0.3) is 0 Å². The minimum Gasteiger partial charge on any atom is -0.872 e. The first-order chi connectivity index (χ1) is 38.2. The summed E-state index contributed by atoms with van der Waals surface area (Å²) in [7, 11) is -9.89. The number of hydrogen-bond acceptors (Lipinski definition) is 18. The van der Waals surface area contributed by atoms with Crippen LogP contribution in [0, 0.1) is 20.5 Å². The van der Waals surface area contributed by atoms with Crippen molar-refractivity contribution in [3.05, 3.63) is 242 Å². The van der Waals surface area contributed by atoms with Gasteiger partial charge in [-0.25, -0.2) is 37.3 Å². The van der Waals surface area contributed by atoms with Crippen molar-refractivity contribution in [2.24, 2.45) is 20.0 Å². The molecule has 36 heteroatoms.